The summed E-state index contributed by atoms with van der Waals surface area (Å²) >= 11 is 0. The molecule has 1 aromatic rings. The van der Waals surface area contributed by atoms with E-state index < -0.39 is 0 Å². The van der Waals surface area contributed by atoms with E-state index in [9.17, 15) is 0 Å². The highest BCUT2D eigenvalue weighted by Gasteiger charge is 2.14. The van der Waals surface area contributed by atoms with Crippen molar-refractivity contribution in [2.75, 3.05) is 27.4 Å². The van der Waals surface area contributed by atoms with Gasteiger partial charge in [0.05, 0.1) is 7.11 Å². The molecule has 0 radical (unpaired) electrons. The quantitative estimate of drug-likeness (QED) is 0.705. The maximum atomic E-state index is 5.41. The molecule has 0 aliphatic heterocycles. The van der Waals surface area contributed by atoms with Crippen LogP contribution >= 0.6 is 0 Å². The van der Waals surface area contributed by atoms with Crippen molar-refractivity contribution in [3.8, 4) is 5.75 Å². The van der Waals surface area contributed by atoms with Crippen LogP contribution in [-0.4, -0.2) is 27.4 Å². The fraction of sp³-hybridized carbons (Fsp3) is 0.571. The summed E-state index contributed by atoms with van der Waals surface area (Å²) in [4.78, 5) is 0. The zero-order valence-electron chi connectivity index (χ0n) is 11.0. The van der Waals surface area contributed by atoms with Crippen LogP contribution in [0.5, 0.6) is 5.75 Å². The van der Waals surface area contributed by atoms with Crippen molar-refractivity contribution in [1.29, 1.82) is 0 Å². The number of hydrogen-bond donors (Lipinski definition) is 1. The van der Waals surface area contributed by atoms with Gasteiger partial charge in [0.15, 0.2) is 0 Å². The average molecular weight is 237 g/mol. The Morgan fingerprint density at radius 3 is 2.65 bits per heavy atom. The van der Waals surface area contributed by atoms with Crippen LogP contribution in [0, 0.1) is 0 Å². The Morgan fingerprint density at radius 1 is 1.24 bits per heavy atom. The molecule has 0 bridgehead atoms. The summed E-state index contributed by atoms with van der Waals surface area (Å²) in [7, 11) is 3.46. The van der Waals surface area contributed by atoms with Crippen molar-refractivity contribution in [3.05, 3.63) is 29.8 Å². The van der Waals surface area contributed by atoms with E-state index in [0.29, 0.717) is 6.04 Å². The van der Waals surface area contributed by atoms with Crippen LogP contribution in [0.4, 0.5) is 0 Å². The third-order valence-corrected chi connectivity index (χ3v) is 2.81. The number of benzene rings is 1. The van der Waals surface area contributed by atoms with Crippen LogP contribution in [0.25, 0.3) is 0 Å². The molecule has 0 aliphatic rings. The van der Waals surface area contributed by atoms with Crippen LogP contribution in [0.1, 0.15) is 31.4 Å². The summed E-state index contributed by atoms with van der Waals surface area (Å²) < 4.78 is 10.5. The minimum Gasteiger partial charge on any atom is -0.496 e. The first-order chi connectivity index (χ1) is 8.33. The van der Waals surface area contributed by atoms with Crippen molar-refractivity contribution in [2.24, 2.45) is 0 Å². The number of nitrogens with one attached hydrogen (secondary N) is 1. The molecule has 1 rings (SSSR count). The Morgan fingerprint density at radius 2 is 2.00 bits per heavy atom. The van der Waals surface area contributed by atoms with E-state index in [1.807, 2.05) is 12.1 Å². The van der Waals surface area contributed by atoms with Crippen LogP contribution in [0.3, 0.4) is 0 Å². The van der Waals surface area contributed by atoms with E-state index in [1.165, 1.54) is 5.56 Å². The standard InChI is InChI=1S/C14H23NO2/c1-4-15-13(9-7-11-16-2)12-8-5-6-10-14(12)17-3/h5-6,8,10,13,15H,4,7,9,11H2,1-3H3. The van der Waals surface area contributed by atoms with Crippen molar-refractivity contribution < 1.29 is 9.47 Å². The van der Waals surface area contributed by atoms with E-state index in [4.69, 9.17) is 9.47 Å². The van der Waals surface area contributed by atoms with Gasteiger partial charge >= 0.3 is 0 Å². The van der Waals surface area contributed by atoms with Crippen LogP contribution in [-0.2, 0) is 4.74 Å². The van der Waals surface area contributed by atoms with Gasteiger partial charge in [-0.2, -0.15) is 0 Å². The van der Waals surface area contributed by atoms with Gasteiger partial charge in [-0.15, -0.1) is 0 Å². The molecule has 0 amide bonds. The molecule has 0 saturated carbocycles. The molecule has 0 aliphatic carbocycles. The monoisotopic (exact) mass is 237 g/mol. The molecule has 0 saturated heterocycles. The van der Waals surface area contributed by atoms with Crippen LogP contribution < -0.4 is 10.1 Å². The highest BCUT2D eigenvalue weighted by Crippen LogP contribution is 2.27. The predicted molar refractivity (Wildman–Crippen MR) is 70.5 cm³/mol. The fourth-order valence-corrected chi connectivity index (χ4v) is 2.00. The minimum absolute atomic E-state index is 0.339. The summed E-state index contributed by atoms with van der Waals surface area (Å²) in [6.07, 6.45) is 2.11. The molecular weight excluding hydrogens is 214 g/mol. The Kier molecular flexibility index (Phi) is 6.67. The van der Waals surface area contributed by atoms with Crippen LogP contribution in [0.2, 0.25) is 0 Å². The molecule has 1 N–H and O–H groups in total. The lowest BCUT2D eigenvalue weighted by Crippen LogP contribution is -2.21. The number of para-hydroxylation sites is 1. The van der Waals surface area contributed by atoms with Crippen molar-refractivity contribution >= 4 is 0 Å². The second kappa shape index (κ2) is 8.09. The Balaban J connectivity index is 2.73. The molecule has 17 heavy (non-hydrogen) atoms. The lowest BCUT2D eigenvalue weighted by atomic mass is 10.0. The van der Waals surface area contributed by atoms with Gasteiger partial charge in [-0.25, -0.2) is 0 Å². The van der Waals surface area contributed by atoms with Crippen molar-refractivity contribution in [1.82, 2.24) is 5.32 Å². The highest BCUT2D eigenvalue weighted by molar-refractivity contribution is 5.35. The number of ether oxygens (including phenoxy) is 2. The Labute approximate surface area is 104 Å². The zero-order valence-corrected chi connectivity index (χ0v) is 11.0. The van der Waals surface area contributed by atoms with Gasteiger partial charge in [0, 0.05) is 25.3 Å². The molecule has 96 valence electrons. The van der Waals surface area contributed by atoms with E-state index in [-0.39, 0.29) is 0 Å². The molecular formula is C14H23NO2. The summed E-state index contributed by atoms with van der Waals surface area (Å²) in [6, 6.07) is 8.53. The third-order valence-electron chi connectivity index (χ3n) is 2.81. The lowest BCUT2D eigenvalue weighted by Gasteiger charge is -2.20. The summed E-state index contributed by atoms with van der Waals surface area (Å²) in [5.41, 5.74) is 1.23. The topological polar surface area (TPSA) is 30.5 Å². The molecule has 0 aromatic heterocycles. The van der Waals surface area contributed by atoms with Gasteiger partial charge in [0.1, 0.15) is 5.75 Å². The average Bonchev–Trinajstić information content (AvgIpc) is 2.38. The molecule has 1 aromatic carbocycles. The zero-order chi connectivity index (χ0) is 12.5. The van der Waals surface area contributed by atoms with Crippen molar-refractivity contribution in [3.63, 3.8) is 0 Å². The van der Waals surface area contributed by atoms with Gasteiger partial charge < -0.3 is 14.8 Å². The number of rotatable bonds is 8. The molecule has 0 fully saturated rings. The maximum Gasteiger partial charge on any atom is 0.123 e. The summed E-state index contributed by atoms with van der Waals surface area (Å²) in [6.45, 7) is 3.88. The second-order valence-corrected chi connectivity index (χ2v) is 3.99. The largest absolute Gasteiger partial charge is 0.496 e. The van der Waals surface area contributed by atoms with Crippen LogP contribution in [0.15, 0.2) is 24.3 Å². The molecule has 3 heteroatoms. The third kappa shape index (κ3) is 4.36. The van der Waals surface area contributed by atoms with Gasteiger partial charge in [-0.3, -0.25) is 0 Å². The first kappa shape index (κ1) is 14.0. The van der Waals surface area contributed by atoms with E-state index in [2.05, 4.69) is 24.4 Å². The van der Waals surface area contributed by atoms with Gasteiger partial charge in [-0.05, 0) is 25.5 Å². The normalized spacial score (nSPS) is 12.4. The van der Waals surface area contributed by atoms with E-state index in [1.54, 1.807) is 14.2 Å². The SMILES string of the molecule is CCNC(CCCOC)c1ccccc1OC. The second-order valence-electron chi connectivity index (χ2n) is 3.99. The maximum absolute atomic E-state index is 5.41. The predicted octanol–water partition coefficient (Wildman–Crippen LogP) is 2.77. The highest BCUT2D eigenvalue weighted by atomic mass is 16.5. The Hall–Kier alpha value is -1.06. The lowest BCUT2D eigenvalue weighted by molar-refractivity contribution is 0.188. The fourth-order valence-electron chi connectivity index (χ4n) is 2.00. The smallest absolute Gasteiger partial charge is 0.123 e. The van der Waals surface area contributed by atoms with E-state index in [0.717, 1.165) is 31.7 Å². The molecule has 1 atom stereocenters. The molecule has 1 unspecified atom stereocenters. The van der Waals surface area contributed by atoms with Gasteiger partial charge in [0.25, 0.3) is 0 Å². The number of hydrogen-bond acceptors (Lipinski definition) is 3. The van der Waals surface area contributed by atoms with E-state index >= 15 is 0 Å². The minimum atomic E-state index is 0.339. The van der Waals surface area contributed by atoms with Crippen molar-refractivity contribution in [2.45, 2.75) is 25.8 Å². The Bertz CT molecular complexity index is 315. The van der Waals surface area contributed by atoms with Gasteiger partial charge in [0.2, 0.25) is 0 Å². The summed E-state index contributed by atoms with van der Waals surface area (Å²) in [5, 5.41) is 3.50. The molecule has 0 heterocycles. The number of methoxy groups -OCH3 is 2. The first-order valence-corrected chi connectivity index (χ1v) is 6.18. The summed E-state index contributed by atoms with van der Waals surface area (Å²) in [5.74, 6) is 0.955. The first-order valence-electron chi connectivity index (χ1n) is 6.18. The molecule has 3 nitrogen and oxygen atoms in total. The van der Waals surface area contributed by atoms with Gasteiger partial charge in [-0.1, -0.05) is 25.1 Å². The molecule has 0 spiro atoms.